The van der Waals surface area contributed by atoms with Gasteiger partial charge >= 0.3 is 6.09 Å². The average molecular weight is 362 g/mol. The van der Waals surface area contributed by atoms with Gasteiger partial charge in [0, 0.05) is 31.7 Å². The third-order valence-corrected chi connectivity index (χ3v) is 5.01. The van der Waals surface area contributed by atoms with Crippen LogP contribution < -0.4 is 5.32 Å². The first-order valence-electron chi connectivity index (χ1n) is 9.48. The lowest BCUT2D eigenvalue weighted by Gasteiger charge is -2.45. The van der Waals surface area contributed by atoms with E-state index in [1.807, 2.05) is 27.7 Å². The van der Waals surface area contributed by atoms with Gasteiger partial charge < -0.3 is 10.1 Å². The largest absolute Gasteiger partial charge is 0.444 e. The summed E-state index contributed by atoms with van der Waals surface area (Å²) in [5, 5.41) is 2.89. The summed E-state index contributed by atoms with van der Waals surface area (Å²) < 4.78 is 5.32. The summed E-state index contributed by atoms with van der Waals surface area (Å²) >= 11 is 0. The Bertz CT molecular complexity index is 605. The zero-order valence-electron chi connectivity index (χ0n) is 17.4. The maximum atomic E-state index is 11.9. The Hall–Kier alpha value is -1.59. The van der Waals surface area contributed by atoms with Crippen LogP contribution >= 0.6 is 0 Å². The lowest BCUT2D eigenvalue weighted by atomic mass is 9.99. The molecule has 1 aromatic rings. The topological polar surface area (TPSA) is 44.8 Å². The fraction of sp³-hybridized carbons (Fsp3) is 0.667. The number of carbonyl (C=O) groups is 1. The highest BCUT2D eigenvalue weighted by molar-refractivity contribution is 5.68. The van der Waals surface area contributed by atoms with Crippen molar-refractivity contribution in [1.82, 2.24) is 15.1 Å². The second kappa shape index (κ2) is 7.97. The second-order valence-electron chi connectivity index (χ2n) is 9.05. The molecule has 1 saturated heterocycles. The molecule has 0 saturated carbocycles. The molecule has 26 heavy (non-hydrogen) atoms. The Balaban J connectivity index is 1.90. The van der Waals surface area contributed by atoms with E-state index < -0.39 is 5.60 Å². The lowest BCUT2D eigenvalue weighted by molar-refractivity contribution is 0.0360. The fourth-order valence-electron chi connectivity index (χ4n) is 3.21. The van der Waals surface area contributed by atoms with Crippen molar-refractivity contribution in [3.63, 3.8) is 0 Å². The molecule has 1 fully saturated rings. The molecule has 0 bridgehead atoms. The van der Waals surface area contributed by atoms with Crippen molar-refractivity contribution in [1.29, 1.82) is 0 Å². The van der Waals surface area contributed by atoms with E-state index in [2.05, 4.69) is 60.3 Å². The van der Waals surface area contributed by atoms with Crippen molar-refractivity contribution < 1.29 is 9.53 Å². The molecule has 1 aromatic carbocycles. The summed E-state index contributed by atoms with van der Waals surface area (Å²) in [5.74, 6) is 0. The molecule has 2 rings (SSSR count). The first kappa shape index (κ1) is 20.7. The van der Waals surface area contributed by atoms with Gasteiger partial charge in [-0.1, -0.05) is 24.3 Å². The Kier molecular flexibility index (Phi) is 6.35. The predicted octanol–water partition coefficient (Wildman–Crippen LogP) is 3.80. The van der Waals surface area contributed by atoms with Gasteiger partial charge in [0.05, 0.1) is 6.04 Å². The second-order valence-corrected chi connectivity index (χ2v) is 9.05. The molecule has 1 heterocycles. The van der Waals surface area contributed by atoms with Crippen LogP contribution in [0.5, 0.6) is 0 Å². The normalized spacial score (nSPS) is 19.8. The van der Waals surface area contributed by atoms with Gasteiger partial charge in [0.1, 0.15) is 5.60 Å². The fourth-order valence-corrected chi connectivity index (χ4v) is 3.21. The van der Waals surface area contributed by atoms with Gasteiger partial charge in [0.15, 0.2) is 0 Å². The Morgan fingerprint density at radius 2 is 1.85 bits per heavy atom. The smallest absolute Gasteiger partial charge is 0.408 e. The number of nitrogens with zero attached hydrogens (tertiary/aromatic N) is 2. The Labute approximate surface area is 158 Å². The quantitative estimate of drug-likeness (QED) is 0.886. The minimum Gasteiger partial charge on any atom is -0.444 e. The van der Waals surface area contributed by atoms with Gasteiger partial charge in [-0.3, -0.25) is 9.80 Å². The Morgan fingerprint density at radius 1 is 1.23 bits per heavy atom. The number of nitrogens with one attached hydrogen (secondary N) is 1. The number of hydrogen-bond acceptors (Lipinski definition) is 4. The van der Waals surface area contributed by atoms with Crippen molar-refractivity contribution in [3.05, 3.63) is 35.4 Å². The molecule has 5 heteroatoms. The molecule has 5 nitrogen and oxygen atoms in total. The summed E-state index contributed by atoms with van der Waals surface area (Å²) in [5.41, 5.74) is 2.12. The van der Waals surface area contributed by atoms with Gasteiger partial charge in [-0.15, -0.1) is 0 Å². The molecule has 1 amide bonds. The third-order valence-electron chi connectivity index (χ3n) is 5.01. The van der Waals surface area contributed by atoms with Crippen LogP contribution in [-0.4, -0.2) is 53.7 Å². The van der Waals surface area contributed by atoms with E-state index in [-0.39, 0.29) is 17.7 Å². The number of amides is 1. The highest BCUT2D eigenvalue weighted by atomic mass is 16.6. The molecule has 0 aromatic heterocycles. The molecular weight excluding hydrogens is 326 g/mol. The van der Waals surface area contributed by atoms with Crippen LogP contribution in [0.1, 0.15) is 58.7 Å². The van der Waals surface area contributed by atoms with Crippen LogP contribution in [0.25, 0.3) is 0 Å². The van der Waals surface area contributed by atoms with Crippen molar-refractivity contribution in [2.45, 2.75) is 65.3 Å². The summed E-state index contributed by atoms with van der Waals surface area (Å²) in [6, 6.07) is 8.43. The highest BCUT2D eigenvalue weighted by Crippen LogP contribution is 2.21. The maximum Gasteiger partial charge on any atom is 0.408 e. The van der Waals surface area contributed by atoms with Gasteiger partial charge in [-0.25, -0.2) is 4.79 Å². The van der Waals surface area contributed by atoms with Crippen LogP contribution in [0.2, 0.25) is 0 Å². The molecule has 0 aliphatic carbocycles. The van der Waals surface area contributed by atoms with Crippen molar-refractivity contribution in [3.8, 4) is 0 Å². The number of rotatable bonds is 4. The van der Waals surface area contributed by atoms with Crippen molar-refractivity contribution in [2.75, 3.05) is 26.7 Å². The summed E-state index contributed by atoms with van der Waals surface area (Å²) in [4.78, 5) is 16.9. The molecular formula is C21H35N3O2. The van der Waals surface area contributed by atoms with Crippen LogP contribution in [-0.2, 0) is 11.3 Å². The highest BCUT2D eigenvalue weighted by Gasteiger charge is 2.30. The minimum absolute atomic E-state index is 0.0820. The third kappa shape index (κ3) is 5.99. The standard InChI is InChI=1S/C21H35N3O2/c1-16(22-19(25)26-20(2,3)4)18-10-8-17(9-11-18)14-24-13-12-23(7)21(5,6)15-24/h8-11,16H,12-15H2,1-7H3,(H,22,25). The monoisotopic (exact) mass is 361 g/mol. The number of alkyl carbamates (subject to hydrolysis) is 1. The number of piperazine rings is 1. The van der Waals surface area contributed by atoms with Crippen molar-refractivity contribution >= 4 is 6.09 Å². The zero-order valence-corrected chi connectivity index (χ0v) is 17.4. The van der Waals surface area contributed by atoms with Gasteiger partial charge in [-0.05, 0) is 59.7 Å². The number of ether oxygens (including phenoxy) is 1. The van der Waals surface area contributed by atoms with E-state index in [4.69, 9.17) is 4.74 Å². The Morgan fingerprint density at radius 3 is 2.38 bits per heavy atom. The van der Waals surface area contributed by atoms with E-state index in [1.165, 1.54) is 5.56 Å². The molecule has 0 radical (unpaired) electrons. The van der Waals surface area contributed by atoms with Crippen molar-refractivity contribution in [2.24, 2.45) is 0 Å². The van der Waals surface area contributed by atoms with Crippen LogP contribution in [0.15, 0.2) is 24.3 Å². The summed E-state index contributed by atoms with van der Waals surface area (Å²) in [6.45, 7) is 16.4. The van der Waals surface area contributed by atoms with Gasteiger partial charge in [0.25, 0.3) is 0 Å². The average Bonchev–Trinajstić information content (AvgIpc) is 2.49. The number of likely N-dealkylation sites (N-methyl/N-ethyl adjacent to an activating group) is 1. The molecule has 1 aliphatic rings. The molecule has 0 spiro atoms. The molecule has 146 valence electrons. The zero-order chi connectivity index (χ0) is 19.5. The van der Waals surface area contributed by atoms with E-state index in [0.29, 0.717) is 0 Å². The summed E-state index contributed by atoms with van der Waals surface area (Å²) in [6.07, 6.45) is -0.381. The molecule has 1 aliphatic heterocycles. The molecule has 1 N–H and O–H groups in total. The maximum absolute atomic E-state index is 11.9. The van der Waals surface area contributed by atoms with E-state index >= 15 is 0 Å². The van der Waals surface area contributed by atoms with Crippen LogP contribution in [0.3, 0.4) is 0 Å². The number of benzene rings is 1. The summed E-state index contributed by atoms with van der Waals surface area (Å²) in [7, 11) is 2.20. The first-order valence-corrected chi connectivity index (χ1v) is 9.48. The number of carbonyl (C=O) groups excluding carboxylic acids is 1. The molecule has 1 unspecified atom stereocenters. The number of hydrogen-bond donors (Lipinski definition) is 1. The predicted molar refractivity (Wildman–Crippen MR) is 106 cm³/mol. The van der Waals surface area contributed by atoms with Crippen LogP contribution in [0.4, 0.5) is 4.79 Å². The van der Waals surface area contributed by atoms with E-state index in [0.717, 1.165) is 31.7 Å². The van der Waals surface area contributed by atoms with E-state index in [1.54, 1.807) is 0 Å². The lowest BCUT2D eigenvalue weighted by Crippen LogP contribution is -2.57. The van der Waals surface area contributed by atoms with E-state index in [9.17, 15) is 4.79 Å². The molecule has 1 atom stereocenters. The SMILES string of the molecule is CC(NC(=O)OC(C)(C)C)c1ccc(CN2CCN(C)C(C)(C)C2)cc1. The van der Waals surface area contributed by atoms with Crippen LogP contribution in [0, 0.1) is 0 Å². The first-order chi connectivity index (χ1) is 12.0. The minimum atomic E-state index is -0.482. The van der Waals surface area contributed by atoms with Gasteiger partial charge in [0.2, 0.25) is 0 Å². The van der Waals surface area contributed by atoms with Gasteiger partial charge in [-0.2, -0.15) is 0 Å².